The normalized spacial score (nSPS) is 25.2. The van der Waals surface area contributed by atoms with Crippen molar-refractivity contribution < 1.29 is 27.9 Å². The van der Waals surface area contributed by atoms with Crippen LogP contribution in [0.5, 0.6) is 0 Å². The summed E-state index contributed by atoms with van der Waals surface area (Å²) in [5.74, 6) is -1.76. The van der Waals surface area contributed by atoms with Crippen LogP contribution in [-0.4, -0.2) is 50.7 Å². The molecule has 2 atom stereocenters. The van der Waals surface area contributed by atoms with Gasteiger partial charge in [0.15, 0.2) is 0 Å². The highest BCUT2D eigenvalue weighted by atomic mass is 32.2. The van der Waals surface area contributed by atoms with Crippen molar-refractivity contribution in [2.24, 2.45) is 5.41 Å². The summed E-state index contributed by atoms with van der Waals surface area (Å²) in [6.45, 7) is 5.74. The van der Waals surface area contributed by atoms with Gasteiger partial charge in [-0.3, -0.25) is 4.79 Å². The Morgan fingerprint density at radius 1 is 1.44 bits per heavy atom. The lowest BCUT2D eigenvalue weighted by molar-refractivity contribution is -0.190. The van der Waals surface area contributed by atoms with Crippen LogP contribution in [0.25, 0.3) is 0 Å². The molecule has 0 bridgehead atoms. The zero-order valence-corrected chi connectivity index (χ0v) is 16.1. The minimum absolute atomic E-state index is 0.0328. The molecule has 1 saturated carbocycles. The van der Waals surface area contributed by atoms with Gasteiger partial charge in [-0.2, -0.15) is 0 Å². The van der Waals surface area contributed by atoms with E-state index >= 15 is 0 Å². The molecule has 2 rings (SSSR count). The van der Waals surface area contributed by atoms with E-state index in [1.807, 2.05) is 6.92 Å². The van der Waals surface area contributed by atoms with Gasteiger partial charge in [-0.1, -0.05) is 13.8 Å². The lowest BCUT2D eigenvalue weighted by Crippen LogP contribution is -2.76. The molecule has 2 unspecified atom stereocenters. The molecule has 0 saturated heterocycles. The third-order valence-electron chi connectivity index (χ3n) is 4.83. The monoisotopic (exact) mass is 390 g/mol. The number of carboxylic acid groups (broad SMARTS) is 1. The third kappa shape index (κ3) is 3.19. The van der Waals surface area contributed by atoms with Gasteiger partial charge in [0.25, 0.3) is 5.91 Å². The Morgan fingerprint density at radius 2 is 2.08 bits per heavy atom. The highest BCUT2D eigenvalue weighted by Gasteiger charge is 2.66. The first-order valence-corrected chi connectivity index (χ1v) is 10.1. The predicted molar refractivity (Wildman–Crippen MR) is 92.2 cm³/mol. The fourth-order valence-electron chi connectivity index (χ4n) is 2.99. The Labute approximate surface area is 150 Å². The van der Waals surface area contributed by atoms with E-state index in [0.29, 0.717) is 6.61 Å². The molecule has 0 spiro atoms. The largest absolute Gasteiger partial charge is 0.479 e. The van der Waals surface area contributed by atoms with Crippen molar-refractivity contribution >= 4 is 33.2 Å². The van der Waals surface area contributed by atoms with Gasteiger partial charge >= 0.3 is 5.97 Å². The predicted octanol–water partition coefficient (Wildman–Crippen LogP) is 1.04. The summed E-state index contributed by atoms with van der Waals surface area (Å²) in [6, 6.07) is 1.23. The van der Waals surface area contributed by atoms with Crippen molar-refractivity contribution in [1.82, 2.24) is 10.0 Å². The van der Waals surface area contributed by atoms with Crippen molar-refractivity contribution in [1.29, 1.82) is 0 Å². The first-order chi connectivity index (χ1) is 11.5. The summed E-state index contributed by atoms with van der Waals surface area (Å²) < 4.78 is 31.3. The van der Waals surface area contributed by atoms with Crippen LogP contribution in [0.15, 0.2) is 16.3 Å². The highest BCUT2D eigenvalue weighted by Crippen LogP contribution is 2.51. The van der Waals surface area contributed by atoms with Crippen molar-refractivity contribution in [2.75, 3.05) is 13.7 Å². The zero-order chi connectivity index (χ0) is 19.0. The fraction of sp³-hybridized carbons (Fsp3) is 0.600. The lowest BCUT2D eigenvalue weighted by Gasteiger charge is -2.58. The second kappa shape index (κ2) is 6.67. The molecule has 1 aromatic heterocycles. The zero-order valence-electron chi connectivity index (χ0n) is 14.5. The number of carbonyl (C=O) groups excluding carboxylic acids is 1. The number of rotatable bonds is 7. The topological polar surface area (TPSA) is 122 Å². The van der Waals surface area contributed by atoms with Gasteiger partial charge in [-0.25, -0.2) is 17.9 Å². The molecular weight excluding hydrogens is 368 g/mol. The number of amides is 1. The van der Waals surface area contributed by atoms with Crippen LogP contribution in [0.3, 0.4) is 0 Å². The molecule has 1 aliphatic rings. The maximum Gasteiger partial charge on any atom is 0.330 e. The molecule has 25 heavy (non-hydrogen) atoms. The summed E-state index contributed by atoms with van der Waals surface area (Å²) in [4.78, 5) is 24.5. The fourth-order valence-corrected chi connectivity index (χ4v) is 4.89. The Hall–Kier alpha value is -1.49. The summed E-state index contributed by atoms with van der Waals surface area (Å²) in [5.41, 5.74) is -2.27. The molecule has 1 fully saturated rings. The standard InChI is InChI=1S/C15H22N2O6S2/c1-5-23-11-7-15(13(19)20,14(11,2)3)17-12(18)10-6-9(8-24-10)25(21,22)16-4/h6,8,11,16H,5,7H2,1-4H3,(H,17,18)(H,19,20). The Balaban J connectivity index is 2.25. The second-order valence-electron chi connectivity index (χ2n) is 6.39. The lowest BCUT2D eigenvalue weighted by atomic mass is 9.54. The molecule has 1 amide bonds. The summed E-state index contributed by atoms with van der Waals surface area (Å²) in [5, 5.41) is 13.6. The van der Waals surface area contributed by atoms with Crippen molar-refractivity contribution in [2.45, 2.75) is 43.7 Å². The molecule has 1 aliphatic carbocycles. The molecule has 10 heteroatoms. The number of carboxylic acids is 1. The average molecular weight is 390 g/mol. The molecule has 3 N–H and O–H groups in total. The number of nitrogens with one attached hydrogen (secondary N) is 2. The van der Waals surface area contributed by atoms with E-state index < -0.39 is 32.9 Å². The molecule has 0 aromatic carbocycles. The van der Waals surface area contributed by atoms with Gasteiger partial charge in [0, 0.05) is 23.8 Å². The number of hydrogen-bond donors (Lipinski definition) is 3. The van der Waals surface area contributed by atoms with Crippen molar-refractivity contribution in [3.05, 3.63) is 16.3 Å². The maximum absolute atomic E-state index is 12.5. The molecule has 140 valence electrons. The van der Waals surface area contributed by atoms with Gasteiger partial charge in [-0.15, -0.1) is 11.3 Å². The van der Waals surface area contributed by atoms with E-state index in [1.165, 1.54) is 18.5 Å². The smallest absolute Gasteiger partial charge is 0.330 e. The Bertz CT molecular complexity index is 786. The summed E-state index contributed by atoms with van der Waals surface area (Å²) in [7, 11) is -2.38. The van der Waals surface area contributed by atoms with Gasteiger partial charge in [0.1, 0.15) is 5.54 Å². The number of sulfonamides is 1. The van der Waals surface area contributed by atoms with Crippen LogP contribution in [0, 0.1) is 5.41 Å². The number of hydrogen-bond acceptors (Lipinski definition) is 6. The van der Waals surface area contributed by atoms with Crippen LogP contribution in [0.4, 0.5) is 0 Å². The van der Waals surface area contributed by atoms with E-state index in [-0.39, 0.29) is 22.3 Å². The molecule has 1 aromatic rings. The van der Waals surface area contributed by atoms with E-state index in [4.69, 9.17) is 4.74 Å². The maximum atomic E-state index is 12.5. The number of aliphatic carboxylic acids is 1. The van der Waals surface area contributed by atoms with E-state index in [1.54, 1.807) is 13.8 Å². The first-order valence-electron chi connectivity index (χ1n) is 7.71. The third-order valence-corrected chi connectivity index (χ3v) is 7.31. The van der Waals surface area contributed by atoms with Crippen LogP contribution < -0.4 is 10.0 Å². The Kier molecular flexibility index (Phi) is 5.29. The van der Waals surface area contributed by atoms with Crippen molar-refractivity contribution in [3.63, 3.8) is 0 Å². The van der Waals surface area contributed by atoms with E-state index in [2.05, 4.69) is 10.0 Å². The van der Waals surface area contributed by atoms with Gasteiger partial charge < -0.3 is 15.2 Å². The molecule has 8 nitrogen and oxygen atoms in total. The first kappa shape index (κ1) is 19.8. The van der Waals surface area contributed by atoms with E-state index in [0.717, 1.165) is 11.3 Å². The van der Waals surface area contributed by atoms with Gasteiger partial charge in [0.05, 0.1) is 15.9 Å². The number of thiophene rings is 1. The minimum atomic E-state index is -3.66. The van der Waals surface area contributed by atoms with Gasteiger partial charge in [0.2, 0.25) is 10.0 Å². The van der Waals surface area contributed by atoms with E-state index in [9.17, 15) is 23.1 Å². The van der Waals surface area contributed by atoms with Crippen LogP contribution in [0.1, 0.15) is 36.9 Å². The van der Waals surface area contributed by atoms with Gasteiger partial charge in [-0.05, 0) is 20.0 Å². The van der Waals surface area contributed by atoms with Crippen molar-refractivity contribution in [3.8, 4) is 0 Å². The molecular formula is C15H22N2O6S2. The molecule has 0 radical (unpaired) electrons. The summed E-state index contributed by atoms with van der Waals surface area (Å²) >= 11 is 0.943. The van der Waals surface area contributed by atoms with Crippen LogP contribution in [-0.2, 0) is 19.6 Å². The molecule has 1 heterocycles. The van der Waals surface area contributed by atoms with Crippen LogP contribution in [0.2, 0.25) is 0 Å². The minimum Gasteiger partial charge on any atom is -0.479 e. The Morgan fingerprint density at radius 3 is 2.56 bits per heavy atom. The highest BCUT2D eigenvalue weighted by molar-refractivity contribution is 7.89. The summed E-state index contributed by atoms with van der Waals surface area (Å²) in [6.07, 6.45) is -0.125. The molecule has 0 aliphatic heterocycles. The number of ether oxygens (including phenoxy) is 1. The quantitative estimate of drug-likeness (QED) is 0.640. The second-order valence-corrected chi connectivity index (χ2v) is 9.19. The SMILES string of the molecule is CCOC1CC(NC(=O)c2cc(S(=O)(=O)NC)cs2)(C(=O)O)C1(C)C. The number of carbonyl (C=O) groups is 2. The van der Waals surface area contributed by atoms with Crippen LogP contribution >= 0.6 is 11.3 Å². The average Bonchev–Trinajstić information content (AvgIpc) is 3.04.